The standard InChI is InChI=1S/C15H19NS/c1-11-3-5-14(12(2)9-11)15(16)6-4-13-7-8-17-10-13/h3,5,7-10,15H,4,6,16H2,1-2H3. The summed E-state index contributed by atoms with van der Waals surface area (Å²) in [7, 11) is 0. The average Bonchev–Trinajstić information content (AvgIpc) is 2.78. The maximum absolute atomic E-state index is 6.27. The van der Waals surface area contributed by atoms with E-state index in [4.69, 9.17) is 5.73 Å². The number of nitrogens with two attached hydrogens (primary N) is 1. The lowest BCUT2D eigenvalue weighted by Gasteiger charge is -2.15. The van der Waals surface area contributed by atoms with Crippen molar-refractivity contribution in [3.63, 3.8) is 0 Å². The second-order valence-electron chi connectivity index (χ2n) is 4.64. The first-order chi connectivity index (χ1) is 8.16. The van der Waals surface area contributed by atoms with Crippen LogP contribution in [0, 0.1) is 13.8 Å². The number of aryl methyl sites for hydroxylation is 3. The number of benzene rings is 1. The van der Waals surface area contributed by atoms with Crippen LogP contribution in [0.15, 0.2) is 35.0 Å². The average molecular weight is 245 g/mol. The van der Waals surface area contributed by atoms with Crippen LogP contribution in [0.3, 0.4) is 0 Å². The minimum Gasteiger partial charge on any atom is -0.324 e. The van der Waals surface area contributed by atoms with Gasteiger partial charge >= 0.3 is 0 Å². The van der Waals surface area contributed by atoms with Crippen molar-refractivity contribution in [2.75, 3.05) is 0 Å². The maximum atomic E-state index is 6.27. The van der Waals surface area contributed by atoms with Gasteiger partial charge in [-0.2, -0.15) is 11.3 Å². The zero-order valence-electron chi connectivity index (χ0n) is 10.4. The molecule has 1 aromatic heterocycles. The van der Waals surface area contributed by atoms with Crippen LogP contribution in [-0.4, -0.2) is 0 Å². The molecule has 1 nitrogen and oxygen atoms in total. The van der Waals surface area contributed by atoms with Gasteiger partial charge in [-0.3, -0.25) is 0 Å². The topological polar surface area (TPSA) is 26.0 Å². The Hall–Kier alpha value is -1.12. The van der Waals surface area contributed by atoms with E-state index < -0.39 is 0 Å². The molecule has 0 amide bonds. The molecule has 0 saturated heterocycles. The van der Waals surface area contributed by atoms with E-state index >= 15 is 0 Å². The lowest BCUT2D eigenvalue weighted by molar-refractivity contribution is 0.648. The van der Waals surface area contributed by atoms with Gasteiger partial charge in [0.25, 0.3) is 0 Å². The zero-order valence-corrected chi connectivity index (χ0v) is 11.3. The van der Waals surface area contributed by atoms with Gasteiger partial charge in [0.1, 0.15) is 0 Å². The molecule has 0 fully saturated rings. The molecule has 2 heteroatoms. The lowest BCUT2D eigenvalue weighted by atomic mass is 9.96. The molecule has 2 N–H and O–H groups in total. The molecule has 0 spiro atoms. The molecule has 2 rings (SSSR count). The van der Waals surface area contributed by atoms with Crippen molar-refractivity contribution < 1.29 is 0 Å². The van der Waals surface area contributed by atoms with E-state index in [9.17, 15) is 0 Å². The van der Waals surface area contributed by atoms with Crippen LogP contribution in [0.25, 0.3) is 0 Å². The highest BCUT2D eigenvalue weighted by atomic mass is 32.1. The summed E-state index contributed by atoms with van der Waals surface area (Å²) in [6, 6.07) is 8.85. The molecular formula is C15H19NS. The first-order valence-corrected chi connectivity index (χ1v) is 6.95. The molecule has 1 atom stereocenters. The Morgan fingerprint density at radius 2 is 2.06 bits per heavy atom. The van der Waals surface area contributed by atoms with Crippen LogP contribution in [0.2, 0.25) is 0 Å². The summed E-state index contributed by atoms with van der Waals surface area (Å²) in [6.45, 7) is 4.26. The Balaban J connectivity index is 2.01. The minimum absolute atomic E-state index is 0.149. The third kappa shape index (κ3) is 3.18. The van der Waals surface area contributed by atoms with Gasteiger partial charge in [-0.25, -0.2) is 0 Å². The van der Waals surface area contributed by atoms with Gasteiger partial charge in [-0.15, -0.1) is 0 Å². The molecule has 0 radical (unpaired) electrons. The monoisotopic (exact) mass is 245 g/mol. The highest BCUT2D eigenvalue weighted by Crippen LogP contribution is 2.21. The Kier molecular flexibility index (Phi) is 3.97. The molecule has 0 aliphatic carbocycles. The molecule has 0 saturated carbocycles. The fourth-order valence-corrected chi connectivity index (χ4v) is 2.86. The molecule has 1 aromatic carbocycles. The molecule has 90 valence electrons. The maximum Gasteiger partial charge on any atom is 0.0300 e. The third-order valence-electron chi connectivity index (χ3n) is 3.15. The van der Waals surface area contributed by atoms with Gasteiger partial charge in [0, 0.05) is 6.04 Å². The highest BCUT2D eigenvalue weighted by molar-refractivity contribution is 7.07. The number of hydrogen-bond acceptors (Lipinski definition) is 2. The molecule has 0 aliphatic rings. The van der Waals surface area contributed by atoms with Crippen molar-refractivity contribution in [1.82, 2.24) is 0 Å². The summed E-state index contributed by atoms with van der Waals surface area (Å²) in [6.07, 6.45) is 2.08. The van der Waals surface area contributed by atoms with E-state index in [2.05, 4.69) is 48.9 Å². The first kappa shape index (κ1) is 12.3. The van der Waals surface area contributed by atoms with Gasteiger partial charge in [0.05, 0.1) is 0 Å². The molecule has 17 heavy (non-hydrogen) atoms. The van der Waals surface area contributed by atoms with Crippen LogP contribution >= 0.6 is 11.3 Å². The van der Waals surface area contributed by atoms with Crippen molar-refractivity contribution in [3.8, 4) is 0 Å². The summed E-state index contributed by atoms with van der Waals surface area (Å²) in [5.74, 6) is 0. The largest absolute Gasteiger partial charge is 0.324 e. The highest BCUT2D eigenvalue weighted by Gasteiger charge is 2.09. The van der Waals surface area contributed by atoms with Crippen LogP contribution in [0.4, 0.5) is 0 Å². The van der Waals surface area contributed by atoms with E-state index in [1.54, 1.807) is 11.3 Å². The van der Waals surface area contributed by atoms with Gasteiger partial charge in [0.2, 0.25) is 0 Å². The summed E-state index contributed by atoms with van der Waals surface area (Å²) in [5, 5.41) is 4.33. The smallest absolute Gasteiger partial charge is 0.0300 e. The quantitative estimate of drug-likeness (QED) is 0.865. The predicted octanol–water partition coefficient (Wildman–Crippen LogP) is 4.00. The van der Waals surface area contributed by atoms with Crippen molar-refractivity contribution in [2.24, 2.45) is 5.73 Å². The molecule has 0 aliphatic heterocycles. The summed E-state index contributed by atoms with van der Waals surface area (Å²) in [5.41, 5.74) is 11.6. The van der Waals surface area contributed by atoms with Gasteiger partial charge in [0.15, 0.2) is 0 Å². The van der Waals surface area contributed by atoms with Crippen molar-refractivity contribution in [2.45, 2.75) is 32.7 Å². The van der Waals surface area contributed by atoms with E-state index in [1.807, 2.05) is 0 Å². The van der Waals surface area contributed by atoms with Crippen molar-refractivity contribution >= 4 is 11.3 Å². The number of thiophene rings is 1. The second-order valence-corrected chi connectivity index (χ2v) is 5.42. The first-order valence-electron chi connectivity index (χ1n) is 6.00. The number of hydrogen-bond donors (Lipinski definition) is 1. The van der Waals surface area contributed by atoms with Crippen LogP contribution in [0.5, 0.6) is 0 Å². The molecule has 1 unspecified atom stereocenters. The minimum atomic E-state index is 0.149. The predicted molar refractivity (Wildman–Crippen MR) is 75.5 cm³/mol. The van der Waals surface area contributed by atoms with Gasteiger partial charge < -0.3 is 5.73 Å². The van der Waals surface area contributed by atoms with Gasteiger partial charge in [-0.1, -0.05) is 23.8 Å². The van der Waals surface area contributed by atoms with E-state index in [-0.39, 0.29) is 6.04 Å². The Morgan fingerprint density at radius 1 is 1.24 bits per heavy atom. The van der Waals surface area contributed by atoms with E-state index in [0.29, 0.717) is 0 Å². The molecule has 2 aromatic rings. The summed E-state index contributed by atoms with van der Waals surface area (Å²) in [4.78, 5) is 0. The molecule has 0 bridgehead atoms. The zero-order chi connectivity index (χ0) is 12.3. The summed E-state index contributed by atoms with van der Waals surface area (Å²) < 4.78 is 0. The third-order valence-corrected chi connectivity index (χ3v) is 3.88. The fraction of sp³-hybridized carbons (Fsp3) is 0.333. The van der Waals surface area contributed by atoms with Crippen LogP contribution < -0.4 is 5.73 Å². The fourth-order valence-electron chi connectivity index (χ4n) is 2.15. The molecule has 1 heterocycles. The Bertz CT molecular complexity index is 474. The van der Waals surface area contributed by atoms with Crippen molar-refractivity contribution in [3.05, 3.63) is 57.3 Å². The lowest BCUT2D eigenvalue weighted by Crippen LogP contribution is -2.12. The Morgan fingerprint density at radius 3 is 2.71 bits per heavy atom. The normalized spacial score (nSPS) is 12.6. The van der Waals surface area contributed by atoms with Crippen LogP contribution in [-0.2, 0) is 6.42 Å². The SMILES string of the molecule is Cc1ccc(C(N)CCc2ccsc2)c(C)c1. The second kappa shape index (κ2) is 5.48. The van der Waals surface area contributed by atoms with Gasteiger partial charge in [-0.05, 0) is 60.2 Å². The summed E-state index contributed by atoms with van der Waals surface area (Å²) >= 11 is 1.75. The number of rotatable bonds is 4. The van der Waals surface area contributed by atoms with Crippen LogP contribution in [0.1, 0.15) is 34.7 Å². The van der Waals surface area contributed by atoms with E-state index in [1.165, 1.54) is 22.3 Å². The molecular weight excluding hydrogens is 226 g/mol. The van der Waals surface area contributed by atoms with Crippen molar-refractivity contribution in [1.29, 1.82) is 0 Å². The Labute approximate surface area is 107 Å². The van der Waals surface area contributed by atoms with E-state index in [0.717, 1.165) is 12.8 Å².